The van der Waals surface area contributed by atoms with Crippen LogP contribution in [-0.2, 0) is 19.1 Å². The van der Waals surface area contributed by atoms with Gasteiger partial charge in [-0.1, -0.05) is 55.5 Å². The lowest BCUT2D eigenvalue weighted by Crippen LogP contribution is -2.40. The van der Waals surface area contributed by atoms with Crippen LogP contribution in [0.2, 0.25) is 0 Å². The van der Waals surface area contributed by atoms with E-state index >= 15 is 0 Å². The molecule has 0 saturated carbocycles. The Morgan fingerprint density at radius 3 is 2.41 bits per heavy atom. The molecule has 9 nitrogen and oxygen atoms in total. The van der Waals surface area contributed by atoms with E-state index in [-0.39, 0.29) is 24.3 Å². The molecular weight excluding hydrogens is 544 g/mol. The van der Waals surface area contributed by atoms with E-state index in [1.54, 1.807) is 32.0 Å². The number of thiazole rings is 1. The maximum absolute atomic E-state index is 13.9. The molecule has 0 spiro atoms. The number of fused-ring (bicyclic) bond motifs is 1. The molecule has 2 aromatic carbocycles. The van der Waals surface area contributed by atoms with Gasteiger partial charge in [0.2, 0.25) is 0 Å². The minimum atomic E-state index is -0.815. The zero-order chi connectivity index (χ0) is 29.7. The second kappa shape index (κ2) is 13.0. The molecule has 1 aliphatic heterocycles. The molecule has 0 amide bonds. The Labute approximate surface area is 242 Å². The van der Waals surface area contributed by atoms with Gasteiger partial charge >= 0.3 is 11.9 Å². The molecule has 1 aromatic heterocycles. The minimum Gasteiger partial charge on any atom is -0.490 e. The van der Waals surface area contributed by atoms with Crippen LogP contribution in [-0.4, -0.2) is 43.4 Å². The van der Waals surface area contributed by atoms with Crippen LogP contribution in [0, 0.1) is 0 Å². The number of carbonyl (C=O) groups is 2. The molecule has 1 aliphatic rings. The molecule has 0 unspecified atom stereocenters. The Morgan fingerprint density at radius 2 is 1.78 bits per heavy atom. The summed E-state index contributed by atoms with van der Waals surface area (Å²) in [5, 5.41) is 0. The third-order valence-corrected chi connectivity index (χ3v) is 7.56. The highest BCUT2D eigenvalue weighted by Crippen LogP contribution is 2.36. The number of hydrogen-bond donors (Lipinski definition) is 0. The van der Waals surface area contributed by atoms with E-state index in [2.05, 4.69) is 35.7 Å². The van der Waals surface area contributed by atoms with Gasteiger partial charge in [-0.25, -0.2) is 14.6 Å². The maximum atomic E-state index is 13.9. The van der Waals surface area contributed by atoms with Crippen molar-refractivity contribution in [1.29, 1.82) is 0 Å². The first kappa shape index (κ1) is 29.8. The molecule has 2 heterocycles. The average molecular weight is 579 g/mol. The molecule has 0 saturated heterocycles. The summed E-state index contributed by atoms with van der Waals surface area (Å²) < 4.78 is 23.5. The van der Waals surface area contributed by atoms with Crippen LogP contribution in [0.25, 0.3) is 6.08 Å². The number of hydrogen-bond acceptors (Lipinski definition) is 9. The normalized spacial score (nSPS) is 14.9. The highest BCUT2D eigenvalue weighted by Gasteiger charge is 2.34. The second-order valence-electron chi connectivity index (χ2n) is 9.63. The molecule has 4 rings (SSSR count). The first-order valence-electron chi connectivity index (χ1n) is 13.4. The molecule has 3 aromatic rings. The summed E-state index contributed by atoms with van der Waals surface area (Å²) in [4.78, 5) is 43.9. The van der Waals surface area contributed by atoms with Gasteiger partial charge in [0.15, 0.2) is 22.9 Å². The predicted molar refractivity (Wildman–Crippen MR) is 156 cm³/mol. The molecule has 0 fully saturated rings. The number of methoxy groups -OCH3 is 1. The Kier molecular flexibility index (Phi) is 9.44. The largest absolute Gasteiger partial charge is 0.490 e. The number of allylic oxidation sites excluding steroid dienone is 1. The summed E-state index contributed by atoms with van der Waals surface area (Å²) in [6, 6.07) is 12.4. The molecule has 41 heavy (non-hydrogen) atoms. The third kappa shape index (κ3) is 6.43. The van der Waals surface area contributed by atoms with Gasteiger partial charge in [0.25, 0.3) is 5.56 Å². The van der Waals surface area contributed by atoms with E-state index in [0.29, 0.717) is 44.6 Å². The second-order valence-corrected chi connectivity index (χ2v) is 10.6. The first-order valence-corrected chi connectivity index (χ1v) is 14.3. The van der Waals surface area contributed by atoms with E-state index < -0.39 is 18.0 Å². The van der Waals surface area contributed by atoms with Crippen LogP contribution in [0.3, 0.4) is 0 Å². The fraction of sp³-hybridized carbons (Fsp3) is 0.355. The summed E-state index contributed by atoms with van der Waals surface area (Å²) in [6.45, 7) is 9.75. The fourth-order valence-electron chi connectivity index (χ4n) is 4.51. The smallest absolute Gasteiger partial charge is 0.343 e. The predicted octanol–water partition coefficient (Wildman–Crippen LogP) is 3.87. The third-order valence-electron chi connectivity index (χ3n) is 6.57. The summed E-state index contributed by atoms with van der Waals surface area (Å²) in [5.74, 6) is 0.000171. The van der Waals surface area contributed by atoms with Gasteiger partial charge in [0.05, 0.1) is 42.2 Å². The van der Waals surface area contributed by atoms with Crippen molar-refractivity contribution in [3.05, 3.63) is 90.1 Å². The maximum Gasteiger partial charge on any atom is 0.343 e. The number of esters is 2. The lowest BCUT2D eigenvalue weighted by atomic mass is 9.95. The quantitative estimate of drug-likeness (QED) is 0.336. The van der Waals surface area contributed by atoms with E-state index in [0.717, 1.165) is 5.56 Å². The molecule has 10 heteroatoms. The van der Waals surface area contributed by atoms with Gasteiger partial charge in [0, 0.05) is 0 Å². The molecule has 0 N–H and O–H groups in total. The van der Waals surface area contributed by atoms with Crippen molar-refractivity contribution in [3.63, 3.8) is 0 Å². The van der Waals surface area contributed by atoms with Crippen molar-refractivity contribution in [2.24, 2.45) is 4.99 Å². The monoisotopic (exact) mass is 578 g/mol. The Balaban J connectivity index is 1.87. The fourth-order valence-corrected chi connectivity index (χ4v) is 5.56. The van der Waals surface area contributed by atoms with Crippen LogP contribution < -0.4 is 24.4 Å². The highest BCUT2D eigenvalue weighted by molar-refractivity contribution is 7.07. The lowest BCUT2D eigenvalue weighted by Gasteiger charge is -2.25. The van der Waals surface area contributed by atoms with Gasteiger partial charge < -0.3 is 18.9 Å². The Morgan fingerprint density at radius 1 is 1.05 bits per heavy atom. The highest BCUT2D eigenvalue weighted by atomic mass is 32.1. The van der Waals surface area contributed by atoms with Gasteiger partial charge in [-0.05, 0) is 61.6 Å². The topological polar surface area (TPSA) is 105 Å². The van der Waals surface area contributed by atoms with E-state index in [9.17, 15) is 14.4 Å². The summed E-state index contributed by atoms with van der Waals surface area (Å²) in [7, 11) is 1.28. The van der Waals surface area contributed by atoms with Crippen molar-refractivity contribution in [3.8, 4) is 11.5 Å². The van der Waals surface area contributed by atoms with Crippen molar-refractivity contribution >= 4 is 29.4 Å². The van der Waals surface area contributed by atoms with E-state index in [1.807, 2.05) is 25.1 Å². The summed E-state index contributed by atoms with van der Waals surface area (Å²) in [5.41, 5.74) is 3.16. The summed E-state index contributed by atoms with van der Waals surface area (Å²) >= 11 is 1.26. The van der Waals surface area contributed by atoms with Crippen molar-refractivity contribution in [1.82, 2.24) is 4.57 Å². The molecule has 0 bridgehead atoms. The molecule has 1 atom stereocenters. The van der Waals surface area contributed by atoms with Crippen LogP contribution >= 0.6 is 11.3 Å². The van der Waals surface area contributed by atoms with Crippen molar-refractivity contribution in [2.45, 2.75) is 46.6 Å². The van der Waals surface area contributed by atoms with Gasteiger partial charge in [-0.15, -0.1) is 0 Å². The molecule has 216 valence electrons. The van der Waals surface area contributed by atoms with E-state index in [1.165, 1.54) is 28.6 Å². The summed E-state index contributed by atoms with van der Waals surface area (Å²) in [6.07, 6.45) is 1.84. The van der Waals surface area contributed by atoms with Gasteiger partial charge in [-0.3, -0.25) is 9.36 Å². The number of rotatable bonds is 10. The molecule has 0 aliphatic carbocycles. The number of carbonyl (C=O) groups excluding carboxylic acids is 2. The van der Waals surface area contributed by atoms with Gasteiger partial charge in [-0.2, -0.15) is 0 Å². The number of ether oxygens (including phenoxy) is 4. The molecular formula is C31H34N2O7S. The van der Waals surface area contributed by atoms with Crippen LogP contribution in [0.5, 0.6) is 11.5 Å². The SMILES string of the molecule is CCOC(=O)C1=C(C)N=c2s/c(=C\c3ccc(C(C)C)cc3)c(=O)n2[C@@H]1c1ccc(OCC(=O)OC)c(OCC)c1. The van der Waals surface area contributed by atoms with E-state index in [4.69, 9.17) is 14.2 Å². The zero-order valence-electron chi connectivity index (χ0n) is 24.1. The Bertz CT molecular complexity index is 1650. The van der Waals surface area contributed by atoms with Gasteiger partial charge in [0.1, 0.15) is 0 Å². The van der Waals surface area contributed by atoms with Crippen LogP contribution in [0.15, 0.2) is 63.5 Å². The number of benzene rings is 2. The zero-order valence-corrected chi connectivity index (χ0v) is 24.9. The first-order chi connectivity index (χ1) is 19.7. The van der Waals surface area contributed by atoms with Crippen molar-refractivity contribution in [2.75, 3.05) is 26.9 Å². The minimum absolute atomic E-state index is 0.170. The Hall–Kier alpha value is -4.18. The molecule has 0 radical (unpaired) electrons. The number of nitrogens with zero attached hydrogens (tertiary/aromatic N) is 2. The lowest BCUT2D eigenvalue weighted by molar-refractivity contribution is -0.143. The number of aromatic nitrogens is 1. The van der Waals surface area contributed by atoms with Crippen LogP contribution in [0.1, 0.15) is 63.3 Å². The standard InChI is InChI=1S/C31H34N2O7S/c1-7-38-24-16-22(13-14-23(24)40-17-26(34)37-6)28-27(30(36)39-8-2)19(5)32-31-33(28)29(35)25(41-31)15-20-9-11-21(12-10-20)18(3)4/h9-16,18,28H,7-8,17H2,1-6H3/b25-15-/t28-/m1/s1. The van der Waals surface area contributed by atoms with Crippen molar-refractivity contribution < 1.29 is 28.5 Å². The van der Waals surface area contributed by atoms with Crippen LogP contribution in [0.4, 0.5) is 0 Å². The average Bonchev–Trinajstić information content (AvgIpc) is 3.25.